The van der Waals surface area contributed by atoms with Crippen molar-refractivity contribution in [3.05, 3.63) is 34.7 Å². The summed E-state index contributed by atoms with van der Waals surface area (Å²) in [5.74, 6) is -1.09. The molecule has 1 amide bonds. The third-order valence-electron chi connectivity index (χ3n) is 3.17. The van der Waals surface area contributed by atoms with Crippen LogP contribution < -0.4 is 5.11 Å². The van der Waals surface area contributed by atoms with E-state index in [9.17, 15) is 19.8 Å². The summed E-state index contributed by atoms with van der Waals surface area (Å²) in [5, 5.41) is 20.8. The van der Waals surface area contributed by atoms with E-state index in [4.69, 9.17) is 12.2 Å². The van der Waals surface area contributed by atoms with Gasteiger partial charge in [-0.3, -0.25) is 9.69 Å². The molecule has 1 fully saturated rings. The second-order valence-corrected chi connectivity index (χ2v) is 7.42. The smallest absolute Gasteiger partial charge is 0.266 e. The quantitative estimate of drug-likeness (QED) is 0.601. The first kappa shape index (κ1) is 17.8. The highest BCUT2D eigenvalue weighted by atomic mass is 32.2. The van der Waals surface area contributed by atoms with Gasteiger partial charge in [-0.05, 0) is 42.2 Å². The summed E-state index contributed by atoms with van der Waals surface area (Å²) in [6.07, 6.45) is 3.72. The summed E-state index contributed by atoms with van der Waals surface area (Å²) in [6.45, 7) is 0. The van der Waals surface area contributed by atoms with Gasteiger partial charge in [0.1, 0.15) is 10.1 Å². The highest BCUT2D eigenvalue weighted by Gasteiger charge is 2.37. The summed E-state index contributed by atoms with van der Waals surface area (Å²) >= 11 is 7.71. The van der Waals surface area contributed by atoms with Crippen LogP contribution in [0.15, 0.2) is 29.2 Å². The van der Waals surface area contributed by atoms with Crippen LogP contribution in [0.25, 0.3) is 6.08 Å². The van der Waals surface area contributed by atoms with Crippen molar-refractivity contribution in [2.24, 2.45) is 0 Å². The van der Waals surface area contributed by atoms with Crippen LogP contribution in [-0.2, 0) is 9.59 Å². The predicted molar refractivity (Wildman–Crippen MR) is 94.9 cm³/mol. The topological polar surface area (TPSA) is 80.7 Å². The summed E-state index contributed by atoms with van der Waals surface area (Å²) in [5.41, 5.74) is 0.639. The number of rotatable bonds is 6. The van der Waals surface area contributed by atoms with Crippen molar-refractivity contribution in [1.82, 2.24) is 4.90 Å². The largest absolute Gasteiger partial charge is 0.548 e. The number of carboxylic acids is 1. The molecule has 1 saturated heterocycles. The van der Waals surface area contributed by atoms with E-state index in [0.29, 0.717) is 16.2 Å². The second-order valence-electron chi connectivity index (χ2n) is 4.76. The Morgan fingerprint density at radius 1 is 1.57 bits per heavy atom. The Hall–Kier alpha value is -1.51. The van der Waals surface area contributed by atoms with Crippen LogP contribution >= 0.6 is 35.7 Å². The van der Waals surface area contributed by atoms with Gasteiger partial charge in [0.2, 0.25) is 0 Å². The first-order chi connectivity index (χ1) is 10.9. The predicted octanol–water partition coefficient (Wildman–Crippen LogP) is 1.46. The molecule has 1 heterocycles. The van der Waals surface area contributed by atoms with Crippen molar-refractivity contribution in [3.8, 4) is 5.75 Å². The molecule has 0 bridgehead atoms. The fourth-order valence-electron chi connectivity index (χ4n) is 2.10. The van der Waals surface area contributed by atoms with Crippen LogP contribution in [0.1, 0.15) is 12.0 Å². The average Bonchev–Trinajstić information content (AvgIpc) is 2.75. The van der Waals surface area contributed by atoms with Gasteiger partial charge in [0.25, 0.3) is 5.91 Å². The number of carbonyl (C=O) groups is 2. The van der Waals surface area contributed by atoms with Gasteiger partial charge in [-0.2, -0.15) is 11.8 Å². The number of thioether (sulfide) groups is 2. The van der Waals surface area contributed by atoms with Crippen molar-refractivity contribution >= 4 is 58.0 Å². The SMILES string of the molecule is CSCC[C@H](C(=O)[O-])N1C(=O)/C(=C/c2cccc(O)c2)SC1=S. The molecular weight excluding hydrogens is 354 g/mol. The van der Waals surface area contributed by atoms with E-state index >= 15 is 0 Å². The van der Waals surface area contributed by atoms with E-state index in [0.717, 1.165) is 16.7 Å². The Morgan fingerprint density at radius 3 is 2.91 bits per heavy atom. The van der Waals surface area contributed by atoms with E-state index in [1.54, 1.807) is 18.2 Å². The monoisotopic (exact) mass is 368 g/mol. The van der Waals surface area contributed by atoms with Crippen LogP contribution in [0.2, 0.25) is 0 Å². The molecule has 1 aliphatic rings. The fourth-order valence-corrected chi connectivity index (χ4v) is 3.91. The molecule has 0 radical (unpaired) electrons. The summed E-state index contributed by atoms with van der Waals surface area (Å²) in [7, 11) is 0. The Kier molecular flexibility index (Phi) is 6.09. The molecule has 0 unspecified atom stereocenters. The highest BCUT2D eigenvalue weighted by Crippen LogP contribution is 2.35. The molecule has 1 aromatic carbocycles. The van der Waals surface area contributed by atoms with Crippen molar-refractivity contribution < 1.29 is 19.8 Å². The van der Waals surface area contributed by atoms with E-state index < -0.39 is 17.9 Å². The van der Waals surface area contributed by atoms with E-state index in [-0.39, 0.29) is 16.5 Å². The molecule has 122 valence electrons. The first-order valence-corrected chi connectivity index (χ1v) is 9.31. The van der Waals surface area contributed by atoms with Crippen molar-refractivity contribution in [2.75, 3.05) is 12.0 Å². The van der Waals surface area contributed by atoms with Crippen LogP contribution in [0.5, 0.6) is 5.75 Å². The van der Waals surface area contributed by atoms with Gasteiger partial charge >= 0.3 is 0 Å². The minimum absolute atomic E-state index is 0.0850. The number of nitrogens with zero attached hydrogens (tertiary/aromatic N) is 1. The Bertz CT molecular complexity index is 674. The number of phenols is 1. The van der Waals surface area contributed by atoms with Gasteiger partial charge < -0.3 is 15.0 Å². The van der Waals surface area contributed by atoms with E-state index in [2.05, 4.69) is 0 Å². The highest BCUT2D eigenvalue weighted by molar-refractivity contribution is 8.26. The van der Waals surface area contributed by atoms with Gasteiger partial charge in [-0.25, -0.2) is 0 Å². The molecular formula is C15H14NO4S3-. The minimum Gasteiger partial charge on any atom is -0.548 e. The first-order valence-electron chi connectivity index (χ1n) is 6.70. The fraction of sp³-hybridized carbons (Fsp3) is 0.267. The number of aliphatic carboxylic acids is 1. The number of benzene rings is 1. The third-order valence-corrected chi connectivity index (χ3v) is 5.15. The zero-order valence-electron chi connectivity index (χ0n) is 12.2. The third kappa shape index (κ3) is 4.27. The van der Waals surface area contributed by atoms with Crippen LogP contribution in [-0.4, -0.2) is 44.3 Å². The Balaban J connectivity index is 2.26. The van der Waals surface area contributed by atoms with E-state index in [1.807, 2.05) is 6.26 Å². The summed E-state index contributed by atoms with van der Waals surface area (Å²) in [6, 6.07) is 5.36. The zero-order chi connectivity index (χ0) is 17.0. The molecule has 2 rings (SSSR count). The Labute approximate surface area is 147 Å². The van der Waals surface area contributed by atoms with Crippen molar-refractivity contribution in [2.45, 2.75) is 12.5 Å². The lowest BCUT2D eigenvalue weighted by molar-refractivity contribution is -0.310. The van der Waals surface area contributed by atoms with Gasteiger partial charge in [0, 0.05) is 0 Å². The molecule has 1 atom stereocenters. The lowest BCUT2D eigenvalue weighted by Crippen LogP contribution is -2.50. The molecule has 8 heteroatoms. The van der Waals surface area contributed by atoms with Crippen molar-refractivity contribution in [1.29, 1.82) is 0 Å². The van der Waals surface area contributed by atoms with Crippen molar-refractivity contribution in [3.63, 3.8) is 0 Å². The van der Waals surface area contributed by atoms with Gasteiger partial charge in [-0.15, -0.1) is 0 Å². The number of carboxylic acid groups (broad SMARTS) is 1. The molecule has 0 aromatic heterocycles. The standard InChI is InChI=1S/C15H15NO4S3/c1-22-6-5-11(14(19)20)16-13(18)12(23-15(16)21)8-9-3-2-4-10(17)7-9/h2-4,7-8,11,17H,5-6H2,1H3,(H,19,20)/p-1/b12-8-/t11-/m1/s1. The number of amides is 1. The lowest BCUT2D eigenvalue weighted by Gasteiger charge is -2.27. The number of carbonyl (C=O) groups excluding carboxylic acids is 2. The molecule has 1 N–H and O–H groups in total. The van der Waals surface area contributed by atoms with Gasteiger partial charge in [0.15, 0.2) is 0 Å². The number of hydrogen-bond donors (Lipinski definition) is 1. The maximum atomic E-state index is 12.5. The van der Waals surface area contributed by atoms with Crippen LogP contribution in [0.4, 0.5) is 0 Å². The minimum atomic E-state index is -1.31. The summed E-state index contributed by atoms with van der Waals surface area (Å²) in [4.78, 5) is 25.3. The molecule has 0 saturated carbocycles. The normalized spacial score (nSPS) is 17.8. The number of thiocarbonyl (C=S) groups is 1. The number of phenolic OH excluding ortho intramolecular Hbond substituents is 1. The Morgan fingerprint density at radius 2 is 2.30 bits per heavy atom. The summed E-state index contributed by atoms with van der Waals surface area (Å²) < 4.78 is 0.205. The molecule has 5 nitrogen and oxygen atoms in total. The van der Waals surface area contributed by atoms with Gasteiger partial charge in [-0.1, -0.05) is 36.1 Å². The number of aromatic hydroxyl groups is 1. The van der Waals surface area contributed by atoms with E-state index in [1.165, 1.54) is 23.9 Å². The van der Waals surface area contributed by atoms with Crippen LogP contribution in [0, 0.1) is 0 Å². The molecule has 0 aliphatic carbocycles. The van der Waals surface area contributed by atoms with Crippen LogP contribution in [0.3, 0.4) is 0 Å². The second kappa shape index (κ2) is 7.85. The maximum Gasteiger partial charge on any atom is 0.266 e. The van der Waals surface area contributed by atoms with Gasteiger partial charge in [0.05, 0.1) is 16.9 Å². The maximum absolute atomic E-state index is 12.5. The lowest BCUT2D eigenvalue weighted by atomic mass is 10.1. The zero-order valence-corrected chi connectivity index (χ0v) is 14.7. The molecule has 1 aromatic rings. The average molecular weight is 368 g/mol. The number of hydrogen-bond acceptors (Lipinski definition) is 7. The molecule has 0 spiro atoms. The molecule has 1 aliphatic heterocycles. The molecule has 23 heavy (non-hydrogen) atoms.